The van der Waals surface area contributed by atoms with Gasteiger partial charge in [-0.1, -0.05) is 38.1 Å². The van der Waals surface area contributed by atoms with Gasteiger partial charge in [0.05, 0.1) is 160 Å². The fourth-order valence-corrected chi connectivity index (χ4v) is 11.7. The molecule has 0 spiro atoms. The molecule has 0 bridgehead atoms. The Kier molecular flexibility index (Phi) is 32.7. The highest BCUT2D eigenvalue weighted by Gasteiger charge is 2.47. The zero-order chi connectivity index (χ0) is 72.8. The van der Waals surface area contributed by atoms with Crippen molar-refractivity contribution >= 4 is 70.6 Å². The van der Waals surface area contributed by atoms with Gasteiger partial charge < -0.3 is 77.1 Å². The van der Waals surface area contributed by atoms with Crippen LogP contribution in [0, 0.1) is 18.8 Å². The molecular weight excluding hydrogens is 1320 g/mol. The van der Waals surface area contributed by atoms with E-state index >= 15 is 0 Å². The summed E-state index contributed by atoms with van der Waals surface area (Å²) in [4.78, 5) is 126. The number of nitrogens with zero attached hydrogens (tertiary/aromatic N) is 5. The minimum absolute atomic E-state index is 0.00378. The second kappa shape index (κ2) is 41.9. The van der Waals surface area contributed by atoms with Gasteiger partial charge in [0.15, 0.2) is 23.5 Å². The van der Waals surface area contributed by atoms with Crippen LogP contribution in [0.15, 0.2) is 65.7 Å². The number of anilines is 1. The number of carbonyl (C=O) groups excluding carboxylic acids is 9. The second-order valence-corrected chi connectivity index (χ2v) is 25.7. The molecule has 2 fully saturated rings. The minimum atomic E-state index is -1.39. The molecule has 2 N–H and O–H groups in total. The van der Waals surface area contributed by atoms with E-state index < -0.39 is 30.3 Å². The molecule has 0 unspecified atom stereocenters. The summed E-state index contributed by atoms with van der Waals surface area (Å²) in [6, 6.07) is 12.2. The van der Waals surface area contributed by atoms with E-state index in [9.17, 15) is 48.3 Å². The van der Waals surface area contributed by atoms with E-state index in [2.05, 4.69) is 10.3 Å². The smallest absolute Gasteiger partial charge is 0.416 e. The van der Waals surface area contributed by atoms with Gasteiger partial charge >= 0.3 is 6.09 Å². The van der Waals surface area contributed by atoms with Crippen molar-refractivity contribution in [2.45, 2.75) is 129 Å². The quantitative estimate of drug-likeness (QED) is 0.0463. The van der Waals surface area contributed by atoms with E-state index in [1.54, 1.807) is 65.3 Å². The lowest BCUT2D eigenvalue weighted by Gasteiger charge is -2.43. The Morgan fingerprint density at radius 2 is 1.15 bits per heavy atom. The maximum absolute atomic E-state index is 14.1. The fourth-order valence-electron chi connectivity index (χ4n) is 11.7. The fraction of sp³-hybridized carbons (Fsp3) is 0.595. The highest BCUT2D eigenvalue weighted by atomic mass is 16.6. The first-order valence-corrected chi connectivity index (χ1v) is 35.4. The number of ether oxygens (including phenoxy) is 12. The summed E-state index contributed by atoms with van der Waals surface area (Å²) in [5, 5.41) is 14.5. The third-order valence-electron chi connectivity index (χ3n) is 18.0. The Hall–Kier alpha value is -8.06. The van der Waals surface area contributed by atoms with Crippen LogP contribution in [0.25, 0.3) is 0 Å². The van der Waals surface area contributed by atoms with Gasteiger partial charge in [0.1, 0.15) is 23.9 Å². The lowest BCUT2D eigenvalue weighted by Crippen LogP contribution is -2.60. The number of imide groups is 1. The number of aliphatic imine (C=N–C) groups is 1. The Morgan fingerprint density at radius 3 is 1.71 bits per heavy atom. The number of amides is 6. The summed E-state index contributed by atoms with van der Waals surface area (Å²) >= 11 is 0. The number of nitrogens with one attached hydrogen (secondary N) is 1. The average Bonchev–Trinajstić information content (AvgIpc) is 1.59. The number of aliphatic hydroxyl groups is 1. The Bertz CT molecular complexity index is 3340. The normalized spacial score (nSPS) is 17.3. The Labute approximate surface area is 595 Å². The molecule has 28 nitrogen and oxygen atoms in total. The summed E-state index contributed by atoms with van der Waals surface area (Å²) in [7, 11) is 1.54. The van der Waals surface area contributed by atoms with E-state index in [4.69, 9.17) is 56.8 Å². The van der Waals surface area contributed by atoms with Crippen LogP contribution in [-0.2, 0) is 84.4 Å². The van der Waals surface area contributed by atoms with Crippen molar-refractivity contribution in [1.29, 1.82) is 0 Å². The molecule has 5 aliphatic heterocycles. The van der Waals surface area contributed by atoms with Gasteiger partial charge in [-0.2, -0.15) is 0 Å². The Morgan fingerprint density at radius 1 is 0.588 bits per heavy atom. The summed E-state index contributed by atoms with van der Waals surface area (Å²) in [5.41, 5.74) is 3.40. The molecule has 6 amide bonds. The molecule has 2 saturated heterocycles. The van der Waals surface area contributed by atoms with Crippen molar-refractivity contribution in [3.63, 3.8) is 0 Å². The van der Waals surface area contributed by atoms with Crippen LogP contribution < -0.4 is 24.4 Å². The number of carbonyl (C=O) groups is 9. The largest absolute Gasteiger partial charge is 0.493 e. The van der Waals surface area contributed by atoms with E-state index in [1.807, 2.05) is 27.0 Å². The molecule has 0 radical (unpaired) electrons. The molecule has 0 aliphatic carbocycles. The first-order chi connectivity index (χ1) is 49.4. The molecule has 5 heterocycles. The van der Waals surface area contributed by atoms with Crippen LogP contribution in [-0.4, -0.2) is 249 Å². The number of fused-ring (bicyclic) bond motifs is 4. The van der Waals surface area contributed by atoms with Gasteiger partial charge in [0, 0.05) is 94.8 Å². The van der Waals surface area contributed by atoms with Crippen LogP contribution >= 0.6 is 0 Å². The average molecular weight is 1430 g/mol. The number of benzene rings is 3. The molecule has 5 aliphatic rings. The topological polar surface area (TPSA) is 322 Å². The molecule has 3 aromatic rings. The van der Waals surface area contributed by atoms with E-state index in [0.29, 0.717) is 196 Å². The SMILES string of the molecule is COc1cc2c(cc1OCCCCCOc1cc3c(cc1C)C(=O)N1CC[C@H]1[C@H](O)N3C(=O)OCc1ccc(CC(=O)[C@H](C)NC(=O)[C@@H](CC(=O)CCOCCOCCOCCOCCOCCOCCOCCOCCCC(=O)CCN3C(=O)C=CC3=O)C(C)C)cc1)N=C[C@@H]1CCN1C2=O. The molecule has 5 atom stereocenters. The van der Waals surface area contributed by atoms with E-state index in [0.717, 1.165) is 22.6 Å². The monoisotopic (exact) mass is 1420 g/mol. The van der Waals surface area contributed by atoms with Crippen molar-refractivity contribution < 1.29 is 105 Å². The zero-order valence-electron chi connectivity index (χ0n) is 59.4. The molecule has 28 heteroatoms. The van der Waals surface area contributed by atoms with Crippen molar-refractivity contribution in [3.8, 4) is 17.2 Å². The standard InChI is InChI=1S/C74H100N6O22/c1-50(2)58(44-57(82)20-27-93-29-31-95-33-35-97-37-39-99-41-40-98-38-36-96-34-32-94-30-28-92-24-9-10-56(81)18-22-79-68(84)15-16-69(79)85)70(86)76-52(4)64(83)43-53-11-13-54(14-12-53)49-102-74(90)80-63-47-65(51(3)42-60(63)72(88)78-23-19-62(78)73(80)89)100-25-7-6-8-26-101-67-46-61-59(45-66(67)91-5)71(87)77-21-17-55(77)48-75-61/h11-16,42,45-48,50,52,55,58,62,73,89H,6-10,17-41,43-44,49H2,1-5H3,(H,76,86)/t52-,55-,58-,62-,73-/m0/s1. The minimum Gasteiger partial charge on any atom is -0.493 e. The van der Waals surface area contributed by atoms with E-state index in [1.165, 1.54) is 19.3 Å². The van der Waals surface area contributed by atoms with Gasteiger partial charge in [-0.15, -0.1) is 0 Å². The number of hydrogen-bond donors (Lipinski definition) is 2. The lowest BCUT2D eigenvalue weighted by molar-refractivity contribution is -0.137. The molecule has 0 saturated carbocycles. The van der Waals surface area contributed by atoms with Crippen LogP contribution in [0.3, 0.4) is 0 Å². The summed E-state index contributed by atoms with van der Waals surface area (Å²) < 4.78 is 67.9. The van der Waals surface area contributed by atoms with Crippen molar-refractivity contribution in [3.05, 3.63) is 88.5 Å². The first kappa shape index (κ1) is 79.6. The number of rotatable bonds is 50. The lowest BCUT2D eigenvalue weighted by atomic mass is 9.88. The summed E-state index contributed by atoms with van der Waals surface area (Å²) in [6.07, 6.45) is 6.59. The van der Waals surface area contributed by atoms with Gasteiger partial charge in [-0.3, -0.25) is 48.2 Å². The predicted octanol–water partition coefficient (Wildman–Crippen LogP) is 6.29. The van der Waals surface area contributed by atoms with Gasteiger partial charge in [0.25, 0.3) is 23.6 Å². The number of hydrogen-bond acceptors (Lipinski definition) is 23. The number of methoxy groups -OCH3 is 1. The van der Waals surface area contributed by atoms with Gasteiger partial charge in [-0.05, 0) is 87.1 Å². The van der Waals surface area contributed by atoms with Crippen molar-refractivity contribution in [2.24, 2.45) is 16.8 Å². The molecular formula is C74H100N6O22. The van der Waals surface area contributed by atoms with Gasteiger partial charge in [-0.25, -0.2) is 9.69 Å². The van der Waals surface area contributed by atoms with Crippen LogP contribution in [0.4, 0.5) is 16.2 Å². The molecule has 102 heavy (non-hydrogen) atoms. The molecule has 0 aromatic heterocycles. The molecule has 558 valence electrons. The number of Topliss-reactive ketones (excluding diaryl/α,β-unsaturated/α-hetero) is 3. The maximum atomic E-state index is 14.1. The van der Waals surface area contributed by atoms with Crippen LogP contribution in [0.2, 0.25) is 0 Å². The van der Waals surface area contributed by atoms with E-state index in [-0.39, 0.29) is 122 Å². The third kappa shape index (κ3) is 24.0. The summed E-state index contributed by atoms with van der Waals surface area (Å²) in [6.45, 7) is 14.9. The van der Waals surface area contributed by atoms with Crippen molar-refractivity contribution in [2.75, 3.05) is 151 Å². The van der Waals surface area contributed by atoms with Crippen LogP contribution in [0.1, 0.15) is 122 Å². The second-order valence-electron chi connectivity index (χ2n) is 25.7. The zero-order valence-corrected chi connectivity index (χ0v) is 59.4. The third-order valence-corrected chi connectivity index (χ3v) is 18.0. The molecule has 3 aromatic carbocycles. The number of ketones is 3. The molecule has 8 rings (SSSR count). The predicted molar refractivity (Wildman–Crippen MR) is 371 cm³/mol. The summed E-state index contributed by atoms with van der Waals surface area (Å²) in [5.74, 6) is -1.36. The highest BCUT2D eigenvalue weighted by molar-refractivity contribution is 6.13. The Balaban J connectivity index is 0.624. The number of aliphatic hydroxyl groups excluding tert-OH is 1. The first-order valence-electron chi connectivity index (χ1n) is 35.4. The van der Waals surface area contributed by atoms with Crippen LogP contribution in [0.5, 0.6) is 17.2 Å². The van der Waals surface area contributed by atoms with Gasteiger partial charge in [0.2, 0.25) is 5.91 Å². The maximum Gasteiger partial charge on any atom is 0.416 e. The van der Waals surface area contributed by atoms with Crippen molar-refractivity contribution in [1.82, 2.24) is 20.0 Å². The number of unbranched alkanes of at least 4 members (excludes halogenated alkanes) is 2. The highest BCUT2D eigenvalue weighted by Crippen LogP contribution is 2.41. The number of aryl methyl sites for hydroxylation is 1.